The number of amides is 1. The van der Waals surface area contributed by atoms with E-state index in [4.69, 9.17) is 9.84 Å². The third-order valence-corrected chi connectivity index (χ3v) is 3.74. The Labute approximate surface area is 123 Å². The largest absolute Gasteiger partial charge is 0.479 e. The fourth-order valence-electron chi connectivity index (χ4n) is 2.01. The zero-order valence-corrected chi connectivity index (χ0v) is 12.0. The summed E-state index contributed by atoms with van der Waals surface area (Å²) in [5.74, 6) is -1.92. The molecule has 0 aliphatic carbocycles. The van der Waals surface area contributed by atoms with Crippen molar-refractivity contribution in [2.45, 2.75) is 25.0 Å². The van der Waals surface area contributed by atoms with Gasteiger partial charge in [0.25, 0.3) is 5.91 Å². The van der Waals surface area contributed by atoms with Crippen molar-refractivity contribution in [3.63, 3.8) is 0 Å². The predicted molar refractivity (Wildman–Crippen MR) is 72.0 cm³/mol. The maximum atomic E-state index is 13.1. The second-order valence-corrected chi connectivity index (χ2v) is 5.35. The van der Waals surface area contributed by atoms with E-state index >= 15 is 0 Å². The van der Waals surface area contributed by atoms with Crippen molar-refractivity contribution in [1.29, 1.82) is 0 Å². The van der Waals surface area contributed by atoms with Crippen molar-refractivity contribution in [3.05, 3.63) is 34.1 Å². The second-order valence-electron chi connectivity index (χ2n) is 4.50. The molecule has 7 heteroatoms. The van der Waals surface area contributed by atoms with Gasteiger partial charge in [0.2, 0.25) is 0 Å². The molecule has 5 nitrogen and oxygen atoms in total. The van der Waals surface area contributed by atoms with Crippen LogP contribution in [0.15, 0.2) is 22.7 Å². The van der Waals surface area contributed by atoms with Crippen molar-refractivity contribution in [1.82, 2.24) is 5.32 Å². The Kier molecular flexibility index (Phi) is 4.72. The van der Waals surface area contributed by atoms with Gasteiger partial charge in [0, 0.05) is 11.0 Å². The van der Waals surface area contributed by atoms with Crippen molar-refractivity contribution >= 4 is 27.8 Å². The van der Waals surface area contributed by atoms with Gasteiger partial charge < -0.3 is 15.2 Å². The molecule has 1 fully saturated rings. The molecule has 108 valence electrons. The van der Waals surface area contributed by atoms with Crippen LogP contribution in [0.1, 0.15) is 23.2 Å². The summed E-state index contributed by atoms with van der Waals surface area (Å²) in [5.41, 5.74) is 0.192. The first-order chi connectivity index (χ1) is 9.47. The highest BCUT2D eigenvalue weighted by molar-refractivity contribution is 9.10. The van der Waals surface area contributed by atoms with E-state index in [1.54, 1.807) is 0 Å². The molecule has 0 aromatic heterocycles. The van der Waals surface area contributed by atoms with Crippen LogP contribution in [-0.4, -0.2) is 35.7 Å². The maximum absolute atomic E-state index is 13.1. The molecular formula is C13H13BrFNO4. The Morgan fingerprint density at radius 1 is 1.45 bits per heavy atom. The van der Waals surface area contributed by atoms with Crippen LogP contribution in [0.25, 0.3) is 0 Å². The van der Waals surface area contributed by atoms with E-state index in [-0.39, 0.29) is 18.2 Å². The third-order valence-electron chi connectivity index (χ3n) is 3.05. The van der Waals surface area contributed by atoms with Crippen molar-refractivity contribution < 1.29 is 23.8 Å². The van der Waals surface area contributed by atoms with E-state index in [0.717, 1.165) is 6.07 Å². The number of carbonyl (C=O) groups is 2. The number of hydrogen-bond acceptors (Lipinski definition) is 3. The molecule has 1 aromatic rings. The third kappa shape index (κ3) is 3.55. The number of aliphatic carboxylic acids is 1. The molecule has 20 heavy (non-hydrogen) atoms. The molecular weight excluding hydrogens is 333 g/mol. The molecule has 0 spiro atoms. The van der Waals surface area contributed by atoms with Crippen LogP contribution in [-0.2, 0) is 9.53 Å². The highest BCUT2D eigenvalue weighted by Gasteiger charge is 2.30. The normalized spacial score (nSPS) is 21.7. The summed E-state index contributed by atoms with van der Waals surface area (Å²) < 4.78 is 18.9. The average Bonchev–Trinajstić information content (AvgIpc) is 2.88. The molecule has 1 aliphatic heterocycles. The summed E-state index contributed by atoms with van der Waals surface area (Å²) in [7, 11) is 0. The summed E-state index contributed by atoms with van der Waals surface area (Å²) in [6.45, 7) is 0.200. The Morgan fingerprint density at radius 2 is 2.20 bits per heavy atom. The topological polar surface area (TPSA) is 75.6 Å². The Bertz CT molecular complexity index is 537. The van der Waals surface area contributed by atoms with Crippen molar-refractivity contribution in [2.24, 2.45) is 0 Å². The Balaban J connectivity index is 1.90. The van der Waals surface area contributed by atoms with E-state index in [2.05, 4.69) is 21.2 Å². The van der Waals surface area contributed by atoms with Gasteiger partial charge in [0.05, 0.1) is 11.7 Å². The zero-order valence-electron chi connectivity index (χ0n) is 10.4. The van der Waals surface area contributed by atoms with Gasteiger partial charge in [-0.05, 0) is 47.0 Å². The van der Waals surface area contributed by atoms with Crippen LogP contribution < -0.4 is 5.32 Å². The lowest BCUT2D eigenvalue weighted by Crippen LogP contribution is -2.33. The van der Waals surface area contributed by atoms with Crippen LogP contribution in [0.2, 0.25) is 0 Å². The van der Waals surface area contributed by atoms with Crippen LogP contribution in [0.4, 0.5) is 4.39 Å². The fourth-order valence-corrected chi connectivity index (χ4v) is 2.44. The Morgan fingerprint density at radius 3 is 2.85 bits per heavy atom. The number of rotatable bonds is 4. The summed E-state index contributed by atoms with van der Waals surface area (Å²) >= 11 is 3.18. The molecule has 0 saturated carbocycles. The summed E-state index contributed by atoms with van der Waals surface area (Å²) in [5, 5.41) is 11.4. The number of nitrogens with one attached hydrogen (secondary N) is 1. The second kappa shape index (κ2) is 6.32. The molecule has 2 unspecified atom stereocenters. The zero-order chi connectivity index (χ0) is 14.7. The summed E-state index contributed by atoms with van der Waals surface area (Å²) in [6.07, 6.45) is -0.133. The number of carbonyl (C=O) groups excluding carboxylic acids is 1. The van der Waals surface area contributed by atoms with Gasteiger partial charge in [0.1, 0.15) is 5.82 Å². The first-order valence-corrected chi connectivity index (χ1v) is 6.88. The van der Waals surface area contributed by atoms with Gasteiger partial charge in [0.15, 0.2) is 6.10 Å². The summed E-state index contributed by atoms with van der Waals surface area (Å²) in [4.78, 5) is 22.6. The first-order valence-electron chi connectivity index (χ1n) is 6.09. The predicted octanol–water partition coefficient (Wildman–Crippen LogP) is 1.95. The van der Waals surface area contributed by atoms with Crippen LogP contribution in [0, 0.1) is 5.82 Å². The molecule has 2 rings (SSSR count). The van der Waals surface area contributed by atoms with E-state index in [9.17, 15) is 14.0 Å². The lowest BCUT2D eigenvalue weighted by atomic mass is 10.2. The number of carboxylic acid groups (broad SMARTS) is 1. The van der Waals surface area contributed by atoms with Gasteiger partial charge in [-0.3, -0.25) is 4.79 Å². The van der Waals surface area contributed by atoms with E-state index in [1.807, 2.05) is 0 Å². The molecule has 1 saturated heterocycles. The van der Waals surface area contributed by atoms with Gasteiger partial charge >= 0.3 is 5.97 Å². The van der Waals surface area contributed by atoms with E-state index in [0.29, 0.717) is 17.3 Å². The van der Waals surface area contributed by atoms with Gasteiger partial charge in [-0.25, -0.2) is 9.18 Å². The van der Waals surface area contributed by atoms with Crippen LogP contribution in [0.5, 0.6) is 0 Å². The molecule has 1 aromatic carbocycles. The SMILES string of the molecule is O=C(NCC1CCC(C(=O)O)O1)c1cc(F)ccc1Br. The fraction of sp³-hybridized carbons (Fsp3) is 0.385. The summed E-state index contributed by atoms with van der Waals surface area (Å²) in [6, 6.07) is 3.84. The molecule has 2 atom stereocenters. The lowest BCUT2D eigenvalue weighted by molar-refractivity contribution is -0.149. The Hall–Kier alpha value is -1.47. The van der Waals surface area contributed by atoms with Crippen LogP contribution >= 0.6 is 15.9 Å². The van der Waals surface area contributed by atoms with Gasteiger partial charge in [-0.15, -0.1) is 0 Å². The quantitative estimate of drug-likeness (QED) is 0.874. The maximum Gasteiger partial charge on any atom is 0.332 e. The average molecular weight is 346 g/mol. The van der Waals surface area contributed by atoms with Gasteiger partial charge in [-0.1, -0.05) is 0 Å². The minimum absolute atomic E-state index is 0.192. The lowest BCUT2D eigenvalue weighted by Gasteiger charge is -2.13. The van der Waals surface area contributed by atoms with Crippen molar-refractivity contribution in [3.8, 4) is 0 Å². The van der Waals surface area contributed by atoms with Crippen LogP contribution in [0.3, 0.4) is 0 Å². The molecule has 2 N–H and O–H groups in total. The number of halogens is 2. The molecule has 1 heterocycles. The number of ether oxygens (including phenoxy) is 1. The molecule has 0 radical (unpaired) electrons. The molecule has 1 amide bonds. The first kappa shape index (κ1) is 14.9. The smallest absolute Gasteiger partial charge is 0.332 e. The monoisotopic (exact) mass is 345 g/mol. The molecule has 1 aliphatic rings. The molecule has 0 bridgehead atoms. The number of hydrogen-bond donors (Lipinski definition) is 2. The van der Waals surface area contributed by atoms with E-state index in [1.165, 1.54) is 12.1 Å². The number of carboxylic acids is 1. The highest BCUT2D eigenvalue weighted by Crippen LogP contribution is 2.20. The van der Waals surface area contributed by atoms with Gasteiger partial charge in [-0.2, -0.15) is 0 Å². The minimum atomic E-state index is -0.994. The highest BCUT2D eigenvalue weighted by atomic mass is 79.9. The van der Waals surface area contributed by atoms with Crippen molar-refractivity contribution in [2.75, 3.05) is 6.54 Å². The van der Waals surface area contributed by atoms with E-state index < -0.39 is 23.8 Å². The number of benzene rings is 1. The standard InChI is InChI=1S/C13H13BrFNO4/c14-10-3-1-7(15)5-9(10)12(17)16-6-8-2-4-11(20-8)13(18)19/h1,3,5,8,11H,2,4,6H2,(H,16,17)(H,18,19). The minimum Gasteiger partial charge on any atom is -0.479 e.